The van der Waals surface area contributed by atoms with Gasteiger partial charge in [-0.25, -0.2) is 0 Å². The van der Waals surface area contributed by atoms with Crippen LogP contribution in [0.4, 0.5) is 5.69 Å². The predicted molar refractivity (Wildman–Crippen MR) is 74.8 cm³/mol. The monoisotopic (exact) mass is 298 g/mol. The Labute approximate surface area is 119 Å². The van der Waals surface area contributed by atoms with E-state index < -0.39 is 4.92 Å². The molecule has 0 aliphatic rings. The summed E-state index contributed by atoms with van der Waals surface area (Å²) in [7, 11) is 0. The maximum Gasteiger partial charge on any atom is 0.271 e. The summed E-state index contributed by atoms with van der Waals surface area (Å²) in [5.74, 6) is 0.553. The Kier molecular flexibility index (Phi) is 3.96. The Morgan fingerprint density at radius 1 is 1.53 bits per heavy atom. The van der Waals surface area contributed by atoms with Gasteiger partial charge in [-0.05, 0) is 24.7 Å². The minimum atomic E-state index is -0.485. The smallest absolute Gasteiger partial charge is 0.271 e. The number of non-ortho nitro benzene ring substituents is 1. The summed E-state index contributed by atoms with van der Waals surface area (Å²) in [6.07, 6.45) is 0.878. The minimum Gasteiger partial charge on any atom is -0.300 e. The van der Waals surface area contributed by atoms with Crippen molar-refractivity contribution in [3.05, 3.63) is 38.1 Å². The Hall–Kier alpha value is -1.73. The third kappa shape index (κ3) is 2.82. The fourth-order valence-electron chi connectivity index (χ4n) is 1.78. The molecule has 8 heteroatoms. The maximum absolute atomic E-state index is 10.8. The number of halogens is 1. The van der Waals surface area contributed by atoms with Crippen LogP contribution in [-0.2, 0) is 6.54 Å². The second kappa shape index (κ2) is 5.50. The summed E-state index contributed by atoms with van der Waals surface area (Å²) in [6, 6.07) is 4.37. The molecule has 0 bridgehead atoms. The third-order valence-electron chi connectivity index (χ3n) is 2.56. The van der Waals surface area contributed by atoms with Crippen LogP contribution in [0.5, 0.6) is 0 Å². The van der Waals surface area contributed by atoms with Crippen LogP contribution in [0.15, 0.2) is 18.2 Å². The minimum absolute atomic E-state index is 0.0699. The molecular weight excluding hydrogens is 288 g/mol. The molecule has 1 aromatic heterocycles. The summed E-state index contributed by atoms with van der Waals surface area (Å²) < 4.78 is 2.28. The number of aromatic nitrogens is 3. The fraction of sp³-hybridized carbons (Fsp3) is 0.273. The average molecular weight is 299 g/mol. The van der Waals surface area contributed by atoms with Gasteiger partial charge in [0.1, 0.15) is 0 Å². The van der Waals surface area contributed by atoms with E-state index in [-0.39, 0.29) is 5.69 Å². The Balaban J connectivity index is 2.59. The first-order chi connectivity index (χ1) is 9.02. The van der Waals surface area contributed by atoms with Gasteiger partial charge in [-0.3, -0.25) is 15.2 Å². The summed E-state index contributed by atoms with van der Waals surface area (Å²) in [4.78, 5) is 10.4. The lowest BCUT2D eigenvalue weighted by Crippen LogP contribution is -2.00. The van der Waals surface area contributed by atoms with Crippen LogP contribution in [0, 0.1) is 14.9 Å². The molecule has 1 heterocycles. The standard InChI is InChI=1S/C11H11ClN4O2S/c1-2-3-15-10(13-14-11(15)19)7-4-8(12)6-9(5-7)16(17)18/h4-6H,2-3H2,1H3,(H,14,19). The second-order valence-corrected chi connectivity index (χ2v) is 4.78. The predicted octanol–water partition coefficient (Wildman–Crippen LogP) is 3.58. The zero-order valence-corrected chi connectivity index (χ0v) is 11.7. The summed E-state index contributed by atoms with van der Waals surface area (Å²) >= 11 is 11.0. The zero-order chi connectivity index (χ0) is 14.0. The van der Waals surface area contributed by atoms with Gasteiger partial charge in [0, 0.05) is 29.3 Å². The van der Waals surface area contributed by atoms with Crippen molar-refractivity contribution in [3.63, 3.8) is 0 Å². The van der Waals surface area contributed by atoms with Crippen LogP contribution >= 0.6 is 23.8 Å². The van der Waals surface area contributed by atoms with Gasteiger partial charge in [0.15, 0.2) is 10.6 Å². The van der Waals surface area contributed by atoms with Crippen LogP contribution < -0.4 is 0 Å². The van der Waals surface area contributed by atoms with E-state index in [4.69, 9.17) is 23.8 Å². The van der Waals surface area contributed by atoms with E-state index in [0.717, 1.165) is 6.42 Å². The van der Waals surface area contributed by atoms with Crippen molar-refractivity contribution in [2.45, 2.75) is 19.9 Å². The topological polar surface area (TPSA) is 76.8 Å². The number of rotatable bonds is 4. The zero-order valence-electron chi connectivity index (χ0n) is 10.1. The van der Waals surface area contributed by atoms with Crippen molar-refractivity contribution < 1.29 is 4.92 Å². The summed E-state index contributed by atoms with van der Waals surface area (Å²) in [5.41, 5.74) is 0.500. The highest BCUT2D eigenvalue weighted by molar-refractivity contribution is 7.71. The molecule has 0 saturated carbocycles. The molecule has 19 heavy (non-hydrogen) atoms. The van der Waals surface area contributed by atoms with Crippen LogP contribution in [0.25, 0.3) is 11.4 Å². The normalized spacial score (nSPS) is 10.6. The molecule has 0 radical (unpaired) electrons. The first-order valence-corrected chi connectivity index (χ1v) is 6.42. The molecule has 2 aromatic rings. The van der Waals surface area contributed by atoms with Gasteiger partial charge in [-0.15, -0.1) is 0 Å². The first kappa shape index (κ1) is 13.7. The highest BCUT2D eigenvalue weighted by Gasteiger charge is 2.14. The van der Waals surface area contributed by atoms with Crippen molar-refractivity contribution in [3.8, 4) is 11.4 Å². The van der Waals surface area contributed by atoms with E-state index in [1.807, 2.05) is 6.92 Å². The molecule has 0 atom stereocenters. The quantitative estimate of drug-likeness (QED) is 0.532. The molecule has 1 N–H and O–H groups in total. The lowest BCUT2D eigenvalue weighted by molar-refractivity contribution is -0.384. The SMILES string of the molecule is CCCn1c(-c2cc(Cl)cc([N+](=O)[O-])c2)n[nH]c1=S. The van der Waals surface area contributed by atoms with Crippen LogP contribution in [0.3, 0.4) is 0 Å². The molecule has 0 unspecified atom stereocenters. The van der Waals surface area contributed by atoms with Crippen molar-refractivity contribution in [2.75, 3.05) is 0 Å². The molecule has 0 saturated heterocycles. The number of nitrogens with zero attached hydrogens (tertiary/aromatic N) is 3. The van der Waals surface area contributed by atoms with Crippen LogP contribution in [0.1, 0.15) is 13.3 Å². The van der Waals surface area contributed by atoms with Gasteiger partial charge in [0.05, 0.1) is 4.92 Å². The molecule has 1 aromatic carbocycles. The summed E-state index contributed by atoms with van der Waals surface area (Å²) in [5, 5.41) is 17.9. The number of nitro benzene ring substituents is 1. The van der Waals surface area contributed by atoms with Gasteiger partial charge in [0.2, 0.25) is 0 Å². The number of nitrogens with one attached hydrogen (secondary N) is 1. The molecule has 0 amide bonds. The van der Waals surface area contributed by atoms with Crippen LogP contribution in [0.2, 0.25) is 5.02 Å². The van der Waals surface area contributed by atoms with Gasteiger partial charge in [-0.1, -0.05) is 18.5 Å². The molecule has 100 valence electrons. The van der Waals surface area contributed by atoms with Crippen molar-refractivity contribution >= 4 is 29.5 Å². The van der Waals surface area contributed by atoms with Gasteiger partial charge in [0.25, 0.3) is 5.69 Å². The molecule has 2 rings (SSSR count). The van der Waals surface area contributed by atoms with E-state index in [0.29, 0.717) is 27.7 Å². The third-order valence-corrected chi connectivity index (χ3v) is 3.09. The average Bonchev–Trinajstić information content (AvgIpc) is 2.71. The van der Waals surface area contributed by atoms with Gasteiger partial charge in [-0.2, -0.15) is 5.10 Å². The highest BCUT2D eigenvalue weighted by Crippen LogP contribution is 2.27. The van der Waals surface area contributed by atoms with Gasteiger partial charge < -0.3 is 4.57 Å². The van der Waals surface area contributed by atoms with Crippen molar-refractivity contribution in [2.24, 2.45) is 0 Å². The van der Waals surface area contributed by atoms with Crippen LogP contribution in [-0.4, -0.2) is 19.7 Å². The van der Waals surface area contributed by atoms with Gasteiger partial charge >= 0.3 is 0 Å². The molecule has 0 aliphatic heterocycles. The van der Waals surface area contributed by atoms with E-state index in [2.05, 4.69) is 10.2 Å². The van der Waals surface area contributed by atoms with Crippen molar-refractivity contribution in [1.29, 1.82) is 0 Å². The molecular formula is C11H11ClN4O2S. The van der Waals surface area contributed by atoms with E-state index in [9.17, 15) is 10.1 Å². The van der Waals surface area contributed by atoms with E-state index >= 15 is 0 Å². The van der Waals surface area contributed by atoms with E-state index in [1.165, 1.54) is 12.1 Å². The molecule has 0 spiro atoms. The Morgan fingerprint density at radius 3 is 2.89 bits per heavy atom. The molecule has 0 fully saturated rings. The molecule has 6 nitrogen and oxygen atoms in total. The van der Waals surface area contributed by atoms with Crippen molar-refractivity contribution in [1.82, 2.24) is 14.8 Å². The number of nitro groups is 1. The largest absolute Gasteiger partial charge is 0.300 e. The number of H-pyrrole nitrogens is 1. The lowest BCUT2D eigenvalue weighted by Gasteiger charge is -2.05. The first-order valence-electron chi connectivity index (χ1n) is 5.63. The number of hydrogen-bond acceptors (Lipinski definition) is 4. The highest BCUT2D eigenvalue weighted by atomic mass is 35.5. The molecule has 0 aliphatic carbocycles. The fourth-order valence-corrected chi connectivity index (χ4v) is 2.23. The summed E-state index contributed by atoms with van der Waals surface area (Å²) in [6.45, 7) is 2.70. The number of aromatic amines is 1. The Morgan fingerprint density at radius 2 is 2.26 bits per heavy atom. The number of benzene rings is 1. The second-order valence-electron chi connectivity index (χ2n) is 3.96. The Bertz CT molecular complexity index is 680. The van der Waals surface area contributed by atoms with E-state index in [1.54, 1.807) is 10.6 Å². The number of hydrogen-bond donors (Lipinski definition) is 1. The maximum atomic E-state index is 10.8. The lowest BCUT2D eigenvalue weighted by atomic mass is 10.2.